The van der Waals surface area contributed by atoms with Gasteiger partial charge in [0.2, 0.25) is 10.0 Å². The van der Waals surface area contributed by atoms with Gasteiger partial charge in [-0.25, -0.2) is 22.1 Å². The molecule has 0 bridgehead atoms. The van der Waals surface area contributed by atoms with E-state index in [-0.39, 0.29) is 34.7 Å². The SMILES string of the molecule is CN(Cc1ccc(Nc2nc(-c3cccc(NC(=O)c4ccc(C(C)(C)C)cc4)c3F)cn(C)c2=O)cc1)S(C)(=O)=O. The number of aromatic nitrogens is 2. The van der Waals surface area contributed by atoms with Crippen LogP contribution >= 0.6 is 0 Å². The van der Waals surface area contributed by atoms with Crippen LogP contribution in [0.3, 0.4) is 0 Å². The molecule has 4 aromatic rings. The first kappa shape index (κ1) is 30.6. The zero-order valence-corrected chi connectivity index (χ0v) is 25.2. The van der Waals surface area contributed by atoms with Gasteiger partial charge in [-0.3, -0.25) is 9.59 Å². The van der Waals surface area contributed by atoms with E-state index in [2.05, 4.69) is 36.4 Å². The first-order valence-corrected chi connectivity index (χ1v) is 15.0. The van der Waals surface area contributed by atoms with Crippen molar-refractivity contribution in [2.45, 2.75) is 32.7 Å². The van der Waals surface area contributed by atoms with Gasteiger partial charge in [-0.15, -0.1) is 0 Å². The highest BCUT2D eigenvalue weighted by molar-refractivity contribution is 7.88. The summed E-state index contributed by atoms with van der Waals surface area (Å²) in [6, 6.07) is 18.6. The van der Waals surface area contributed by atoms with Crippen molar-refractivity contribution in [3.63, 3.8) is 0 Å². The topological polar surface area (TPSA) is 113 Å². The van der Waals surface area contributed by atoms with Gasteiger partial charge in [-0.05, 0) is 52.9 Å². The summed E-state index contributed by atoms with van der Waals surface area (Å²) in [4.78, 5) is 30.1. The molecule has 220 valence electrons. The highest BCUT2D eigenvalue weighted by atomic mass is 32.2. The standard InChI is InChI=1S/C31H34FN5O4S/c1-31(2,3)22-14-12-21(13-15-22)29(38)35-25-9-7-8-24(27(25)32)26-19-36(4)30(39)28(34-26)33-23-16-10-20(11-17-23)18-37(5)42(6,40)41/h7-17,19H,18H2,1-6H3,(H,33,34)(H,35,38). The zero-order valence-electron chi connectivity index (χ0n) is 24.4. The maximum absolute atomic E-state index is 15.7. The molecule has 3 aromatic carbocycles. The lowest BCUT2D eigenvalue weighted by molar-refractivity contribution is 0.102. The van der Waals surface area contributed by atoms with Gasteiger partial charge in [0.1, 0.15) is 0 Å². The Hall–Kier alpha value is -4.35. The van der Waals surface area contributed by atoms with Crippen molar-refractivity contribution in [1.29, 1.82) is 0 Å². The van der Waals surface area contributed by atoms with Crippen LogP contribution in [0.1, 0.15) is 42.3 Å². The second-order valence-electron chi connectivity index (χ2n) is 11.2. The van der Waals surface area contributed by atoms with Gasteiger partial charge in [0, 0.05) is 43.7 Å². The van der Waals surface area contributed by atoms with Gasteiger partial charge in [0.25, 0.3) is 11.5 Å². The number of carbonyl (C=O) groups is 1. The van der Waals surface area contributed by atoms with E-state index in [4.69, 9.17) is 0 Å². The Morgan fingerprint density at radius 2 is 1.67 bits per heavy atom. The maximum atomic E-state index is 15.7. The summed E-state index contributed by atoms with van der Waals surface area (Å²) in [5.74, 6) is -1.16. The quantitative estimate of drug-likeness (QED) is 0.289. The van der Waals surface area contributed by atoms with Crippen LogP contribution in [0.4, 0.5) is 21.6 Å². The normalized spacial score (nSPS) is 11.9. The molecule has 0 unspecified atom stereocenters. The number of hydrogen-bond acceptors (Lipinski definition) is 6. The average Bonchev–Trinajstić information content (AvgIpc) is 2.92. The fraction of sp³-hybridized carbons (Fsp3) is 0.258. The van der Waals surface area contributed by atoms with E-state index in [0.717, 1.165) is 17.4 Å². The van der Waals surface area contributed by atoms with E-state index in [1.807, 2.05) is 12.1 Å². The third-order valence-corrected chi connectivity index (χ3v) is 8.06. The molecule has 0 aliphatic carbocycles. The molecular weight excluding hydrogens is 557 g/mol. The molecule has 0 fully saturated rings. The highest BCUT2D eigenvalue weighted by Crippen LogP contribution is 2.28. The number of sulfonamides is 1. The summed E-state index contributed by atoms with van der Waals surface area (Å²) in [5, 5.41) is 5.60. The predicted octanol–water partition coefficient (Wildman–Crippen LogP) is 5.27. The van der Waals surface area contributed by atoms with E-state index in [1.54, 1.807) is 42.5 Å². The molecular formula is C31H34FN5O4S. The first-order valence-electron chi connectivity index (χ1n) is 13.2. The Bertz CT molecular complexity index is 1780. The largest absolute Gasteiger partial charge is 0.336 e. The Morgan fingerprint density at radius 3 is 2.26 bits per heavy atom. The number of anilines is 3. The minimum atomic E-state index is -3.33. The molecule has 1 aromatic heterocycles. The maximum Gasteiger partial charge on any atom is 0.293 e. The molecule has 0 aliphatic heterocycles. The zero-order chi connectivity index (χ0) is 30.8. The van der Waals surface area contributed by atoms with Gasteiger partial charge in [-0.1, -0.05) is 51.1 Å². The van der Waals surface area contributed by atoms with Crippen molar-refractivity contribution in [1.82, 2.24) is 13.9 Å². The lowest BCUT2D eigenvalue weighted by Crippen LogP contribution is -2.24. The monoisotopic (exact) mass is 591 g/mol. The van der Waals surface area contributed by atoms with Crippen molar-refractivity contribution in [2.24, 2.45) is 7.05 Å². The van der Waals surface area contributed by atoms with Crippen molar-refractivity contribution >= 4 is 33.1 Å². The summed E-state index contributed by atoms with van der Waals surface area (Å²) >= 11 is 0. The average molecular weight is 592 g/mol. The molecule has 1 amide bonds. The minimum absolute atomic E-state index is 0.0165. The summed E-state index contributed by atoms with van der Waals surface area (Å²) in [7, 11) is -0.300. The number of nitrogens with one attached hydrogen (secondary N) is 2. The van der Waals surface area contributed by atoms with E-state index in [1.165, 1.54) is 41.3 Å². The molecule has 0 radical (unpaired) electrons. The van der Waals surface area contributed by atoms with Crippen LogP contribution in [-0.2, 0) is 29.0 Å². The second kappa shape index (κ2) is 11.9. The first-order chi connectivity index (χ1) is 19.6. The molecule has 0 atom stereocenters. The molecule has 2 N–H and O–H groups in total. The van der Waals surface area contributed by atoms with Gasteiger partial charge in [0.15, 0.2) is 11.6 Å². The second-order valence-corrected chi connectivity index (χ2v) is 13.3. The fourth-order valence-electron chi connectivity index (χ4n) is 4.16. The van der Waals surface area contributed by atoms with E-state index in [0.29, 0.717) is 11.3 Å². The highest BCUT2D eigenvalue weighted by Gasteiger charge is 2.18. The third kappa shape index (κ3) is 7.10. The Morgan fingerprint density at radius 1 is 1.02 bits per heavy atom. The van der Waals surface area contributed by atoms with E-state index >= 15 is 4.39 Å². The number of halogens is 1. The molecule has 0 saturated heterocycles. The van der Waals surface area contributed by atoms with Gasteiger partial charge < -0.3 is 15.2 Å². The third-order valence-electron chi connectivity index (χ3n) is 6.80. The molecule has 1 heterocycles. The summed E-state index contributed by atoms with van der Waals surface area (Å²) < 4.78 is 41.6. The van der Waals surface area contributed by atoms with Gasteiger partial charge in [0.05, 0.1) is 17.6 Å². The van der Waals surface area contributed by atoms with Crippen LogP contribution in [0.25, 0.3) is 11.3 Å². The molecule has 42 heavy (non-hydrogen) atoms. The molecule has 9 nitrogen and oxygen atoms in total. The van der Waals surface area contributed by atoms with Crippen LogP contribution in [0, 0.1) is 5.82 Å². The van der Waals surface area contributed by atoms with Crippen molar-refractivity contribution in [2.75, 3.05) is 23.9 Å². The number of nitrogens with zero attached hydrogens (tertiary/aromatic N) is 3. The number of aryl methyl sites for hydroxylation is 1. The smallest absolute Gasteiger partial charge is 0.293 e. The van der Waals surface area contributed by atoms with Crippen molar-refractivity contribution < 1.29 is 17.6 Å². The lowest BCUT2D eigenvalue weighted by atomic mass is 9.87. The Balaban J connectivity index is 1.57. The molecule has 4 rings (SSSR count). The lowest BCUT2D eigenvalue weighted by Gasteiger charge is -2.19. The van der Waals surface area contributed by atoms with Crippen LogP contribution in [0.5, 0.6) is 0 Å². The molecule has 0 spiro atoms. The van der Waals surface area contributed by atoms with Crippen LogP contribution < -0.4 is 16.2 Å². The van der Waals surface area contributed by atoms with Crippen LogP contribution in [0.15, 0.2) is 77.7 Å². The van der Waals surface area contributed by atoms with Crippen molar-refractivity contribution in [3.05, 3.63) is 106 Å². The Labute approximate surface area is 245 Å². The van der Waals surface area contributed by atoms with Crippen molar-refractivity contribution in [3.8, 4) is 11.3 Å². The predicted molar refractivity (Wildman–Crippen MR) is 164 cm³/mol. The molecule has 0 aliphatic rings. The number of rotatable bonds is 8. The minimum Gasteiger partial charge on any atom is -0.336 e. The fourth-order valence-corrected chi connectivity index (χ4v) is 4.55. The molecule has 11 heteroatoms. The van der Waals surface area contributed by atoms with E-state index in [9.17, 15) is 18.0 Å². The summed E-state index contributed by atoms with van der Waals surface area (Å²) in [6.07, 6.45) is 2.56. The number of hydrogen-bond donors (Lipinski definition) is 2. The summed E-state index contributed by atoms with van der Waals surface area (Å²) in [5.41, 5.74) is 2.56. The van der Waals surface area contributed by atoms with Gasteiger partial charge in [-0.2, -0.15) is 0 Å². The number of amides is 1. The van der Waals surface area contributed by atoms with Gasteiger partial charge >= 0.3 is 0 Å². The van der Waals surface area contributed by atoms with Crippen LogP contribution in [-0.4, -0.2) is 41.5 Å². The van der Waals surface area contributed by atoms with E-state index < -0.39 is 27.3 Å². The molecule has 0 saturated carbocycles. The Kier molecular flexibility index (Phi) is 8.65. The number of carbonyl (C=O) groups excluding carboxylic acids is 1. The summed E-state index contributed by atoms with van der Waals surface area (Å²) in [6.45, 7) is 6.44. The number of benzene rings is 3. The van der Waals surface area contributed by atoms with Crippen LogP contribution in [0.2, 0.25) is 0 Å².